The van der Waals surface area contributed by atoms with Crippen LogP contribution in [0.5, 0.6) is 0 Å². The van der Waals surface area contributed by atoms with E-state index in [9.17, 15) is 5.11 Å². The van der Waals surface area contributed by atoms with Crippen molar-refractivity contribution in [3.63, 3.8) is 0 Å². The normalized spacial score (nSPS) is 12.2. The summed E-state index contributed by atoms with van der Waals surface area (Å²) < 4.78 is 0. The molecule has 17 heavy (non-hydrogen) atoms. The molecule has 0 aliphatic carbocycles. The number of aliphatic hydroxyl groups excluding tert-OH is 1. The molecule has 0 radical (unpaired) electrons. The van der Waals surface area contributed by atoms with Crippen LogP contribution < -0.4 is 10.6 Å². The molecule has 1 unspecified atom stereocenters. The second kappa shape index (κ2) is 7.84. The SMILES string of the molecule is CCCNc1cncc(NCCC(O)CC)n1. The topological polar surface area (TPSA) is 70.1 Å². The van der Waals surface area contributed by atoms with Gasteiger partial charge < -0.3 is 15.7 Å². The number of hydrogen-bond acceptors (Lipinski definition) is 5. The van der Waals surface area contributed by atoms with Gasteiger partial charge in [0.05, 0.1) is 18.5 Å². The Kier molecular flexibility index (Phi) is 6.32. The number of rotatable bonds is 8. The standard InChI is InChI=1S/C12H22N4O/c1-3-6-14-11-8-13-9-12(16-11)15-7-5-10(17)4-2/h8-10,17H,3-7H2,1-2H3,(H2,14,15,16). The molecular formula is C12H22N4O. The van der Waals surface area contributed by atoms with E-state index in [1.807, 2.05) is 6.92 Å². The first kappa shape index (κ1) is 13.7. The third kappa shape index (κ3) is 5.49. The van der Waals surface area contributed by atoms with E-state index < -0.39 is 0 Å². The fourth-order valence-electron chi connectivity index (χ4n) is 1.36. The van der Waals surface area contributed by atoms with Crippen molar-refractivity contribution in [3.8, 4) is 0 Å². The van der Waals surface area contributed by atoms with Crippen LogP contribution in [0.4, 0.5) is 11.6 Å². The van der Waals surface area contributed by atoms with Crippen LogP contribution in [0.15, 0.2) is 12.4 Å². The van der Waals surface area contributed by atoms with Gasteiger partial charge in [-0.25, -0.2) is 4.98 Å². The van der Waals surface area contributed by atoms with Gasteiger partial charge in [0, 0.05) is 13.1 Å². The molecule has 0 amide bonds. The Labute approximate surface area is 103 Å². The summed E-state index contributed by atoms with van der Waals surface area (Å²) >= 11 is 0. The maximum atomic E-state index is 9.42. The molecule has 5 nitrogen and oxygen atoms in total. The van der Waals surface area contributed by atoms with Crippen molar-refractivity contribution in [3.05, 3.63) is 12.4 Å². The summed E-state index contributed by atoms with van der Waals surface area (Å²) in [7, 11) is 0. The van der Waals surface area contributed by atoms with Crippen molar-refractivity contribution >= 4 is 11.6 Å². The van der Waals surface area contributed by atoms with Crippen LogP contribution >= 0.6 is 0 Å². The van der Waals surface area contributed by atoms with Gasteiger partial charge in [0.2, 0.25) is 0 Å². The number of aromatic nitrogens is 2. The predicted octanol–water partition coefficient (Wildman–Crippen LogP) is 1.87. The van der Waals surface area contributed by atoms with Gasteiger partial charge in [-0.2, -0.15) is 0 Å². The monoisotopic (exact) mass is 238 g/mol. The van der Waals surface area contributed by atoms with Crippen molar-refractivity contribution in [2.24, 2.45) is 0 Å². The first-order chi connectivity index (χ1) is 8.26. The highest BCUT2D eigenvalue weighted by molar-refractivity contribution is 5.41. The van der Waals surface area contributed by atoms with Gasteiger partial charge in [-0.3, -0.25) is 4.98 Å². The molecular weight excluding hydrogens is 216 g/mol. The van der Waals surface area contributed by atoms with Crippen LogP contribution in [0.3, 0.4) is 0 Å². The van der Waals surface area contributed by atoms with E-state index in [0.29, 0.717) is 6.54 Å². The largest absolute Gasteiger partial charge is 0.393 e. The van der Waals surface area contributed by atoms with E-state index in [-0.39, 0.29) is 6.10 Å². The number of nitrogens with one attached hydrogen (secondary N) is 2. The molecule has 0 saturated carbocycles. The molecule has 1 atom stereocenters. The van der Waals surface area contributed by atoms with Gasteiger partial charge in [0.15, 0.2) is 0 Å². The molecule has 3 N–H and O–H groups in total. The lowest BCUT2D eigenvalue weighted by molar-refractivity contribution is 0.164. The Morgan fingerprint density at radius 1 is 1.18 bits per heavy atom. The molecule has 1 aromatic heterocycles. The lowest BCUT2D eigenvalue weighted by Gasteiger charge is -2.10. The van der Waals surface area contributed by atoms with Crippen LogP contribution in [0.1, 0.15) is 33.1 Å². The molecule has 0 aromatic carbocycles. The highest BCUT2D eigenvalue weighted by Gasteiger charge is 2.01. The zero-order valence-corrected chi connectivity index (χ0v) is 10.6. The highest BCUT2D eigenvalue weighted by Crippen LogP contribution is 2.07. The molecule has 1 aromatic rings. The summed E-state index contributed by atoms with van der Waals surface area (Å²) in [6.07, 6.45) is 5.73. The van der Waals surface area contributed by atoms with Crippen LogP contribution in [-0.2, 0) is 0 Å². The first-order valence-electron chi connectivity index (χ1n) is 6.24. The van der Waals surface area contributed by atoms with E-state index in [4.69, 9.17) is 0 Å². The number of hydrogen-bond donors (Lipinski definition) is 3. The second-order valence-electron chi connectivity index (χ2n) is 3.99. The van der Waals surface area contributed by atoms with Gasteiger partial charge >= 0.3 is 0 Å². The van der Waals surface area contributed by atoms with Gasteiger partial charge in [0.25, 0.3) is 0 Å². The van der Waals surface area contributed by atoms with E-state index >= 15 is 0 Å². The van der Waals surface area contributed by atoms with Crippen molar-refractivity contribution < 1.29 is 5.11 Å². The molecule has 0 spiro atoms. The summed E-state index contributed by atoms with van der Waals surface area (Å²) in [6, 6.07) is 0. The Morgan fingerprint density at radius 2 is 1.82 bits per heavy atom. The number of aliphatic hydroxyl groups is 1. The van der Waals surface area contributed by atoms with Gasteiger partial charge in [-0.15, -0.1) is 0 Å². The minimum absolute atomic E-state index is 0.239. The van der Waals surface area contributed by atoms with Crippen molar-refractivity contribution in [1.29, 1.82) is 0 Å². The summed E-state index contributed by atoms with van der Waals surface area (Å²) in [6.45, 7) is 5.68. The van der Waals surface area contributed by atoms with E-state index in [2.05, 4.69) is 27.5 Å². The summed E-state index contributed by atoms with van der Waals surface area (Å²) in [4.78, 5) is 8.47. The lowest BCUT2D eigenvalue weighted by Crippen LogP contribution is -2.13. The Morgan fingerprint density at radius 3 is 2.41 bits per heavy atom. The zero-order chi connectivity index (χ0) is 12.5. The molecule has 96 valence electrons. The fourth-order valence-corrected chi connectivity index (χ4v) is 1.36. The van der Waals surface area contributed by atoms with Gasteiger partial charge in [0.1, 0.15) is 11.6 Å². The maximum Gasteiger partial charge on any atom is 0.146 e. The maximum absolute atomic E-state index is 9.42. The third-order valence-electron chi connectivity index (χ3n) is 2.45. The Balaban J connectivity index is 2.37. The molecule has 1 heterocycles. The zero-order valence-electron chi connectivity index (χ0n) is 10.6. The van der Waals surface area contributed by atoms with E-state index in [0.717, 1.165) is 37.4 Å². The van der Waals surface area contributed by atoms with E-state index in [1.54, 1.807) is 12.4 Å². The third-order valence-corrected chi connectivity index (χ3v) is 2.45. The quantitative estimate of drug-likeness (QED) is 0.645. The Hall–Kier alpha value is -1.36. The minimum atomic E-state index is -0.239. The molecule has 0 aliphatic rings. The van der Waals surface area contributed by atoms with Crippen molar-refractivity contribution in [2.75, 3.05) is 23.7 Å². The minimum Gasteiger partial charge on any atom is -0.393 e. The predicted molar refractivity (Wildman–Crippen MR) is 70.2 cm³/mol. The summed E-state index contributed by atoms with van der Waals surface area (Å²) in [5.74, 6) is 1.53. The highest BCUT2D eigenvalue weighted by atomic mass is 16.3. The number of anilines is 2. The fraction of sp³-hybridized carbons (Fsp3) is 0.667. The van der Waals surface area contributed by atoms with Crippen LogP contribution in [-0.4, -0.2) is 34.3 Å². The summed E-state index contributed by atoms with van der Waals surface area (Å²) in [5.41, 5.74) is 0. The van der Waals surface area contributed by atoms with Crippen molar-refractivity contribution in [2.45, 2.75) is 39.2 Å². The van der Waals surface area contributed by atoms with Crippen LogP contribution in [0, 0.1) is 0 Å². The lowest BCUT2D eigenvalue weighted by atomic mass is 10.2. The van der Waals surface area contributed by atoms with E-state index in [1.165, 1.54) is 0 Å². The van der Waals surface area contributed by atoms with Crippen LogP contribution in [0.2, 0.25) is 0 Å². The number of nitrogens with zero attached hydrogens (tertiary/aromatic N) is 2. The molecule has 0 bridgehead atoms. The van der Waals surface area contributed by atoms with Gasteiger partial charge in [-0.1, -0.05) is 13.8 Å². The van der Waals surface area contributed by atoms with Gasteiger partial charge in [-0.05, 0) is 19.3 Å². The molecule has 0 fully saturated rings. The molecule has 0 saturated heterocycles. The molecule has 0 aliphatic heterocycles. The van der Waals surface area contributed by atoms with Crippen LogP contribution in [0.25, 0.3) is 0 Å². The summed E-state index contributed by atoms with van der Waals surface area (Å²) in [5, 5.41) is 15.8. The second-order valence-corrected chi connectivity index (χ2v) is 3.99. The smallest absolute Gasteiger partial charge is 0.146 e. The average Bonchev–Trinajstić information content (AvgIpc) is 2.36. The molecule has 1 rings (SSSR count). The Bertz CT molecular complexity index is 319. The van der Waals surface area contributed by atoms with Crippen molar-refractivity contribution in [1.82, 2.24) is 9.97 Å². The molecule has 5 heteroatoms. The first-order valence-corrected chi connectivity index (χ1v) is 6.24. The average molecular weight is 238 g/mol.